The number of benzene rings is 1. The molecule has 0 atom stereocenters. The molecule has 3 nitrogen and oxygen atoms in total. The van der Waals surface area contributed by atoms with E-state index in [9.17, 15) is 0 Å². The summed E-state index contributed by atoms with van der Waals surface area (Å²) < 4.78 is 5.03. The van der Waals surface area contributed by atoms with E-state index < -0.39 is 8.60 Å². The molecule has 0 aromatic heterocycles. The summed E-state index contributed by atoms with van der Waals surface area (Å²) in [6, 6.07) is 7.59. The van der Waals surface area contributed by atoms with Crippen molar-refractivity contribution in [2.45, 2.75) is 58.3 Å². The molecule has 5 heteroatoms. The molecule has 1 rings (SSSR count). The number of unbranched alkanes of at least 4 members (excludes halogenated alkanes) is 6. The van der Waals surface area contributed by atoms with Gasteiger partial charge in [0.15, 0.2) is 0 Å². The molecule has 0 radical (unpaired) electrons. The topological polar surface area (TPSA) is 49.7 Å². The van der Waals surface area contributed by atoms with Crippen LogP contribution in [0.15, 0.2) is 24.3 Å². The fourth-order valence-corrected chi connectivity index (χ4v) is 2.51. The molecule has 0 bridgehead atoms. The van der Waals surface area contributed by atoms with Crippen LogP contribution in [0.5, 0.6) is 5.75 Å². The predicted molar refractivity (Wildman–Crippen MR) is 87.3 cm³/mol. The van der Waals surface area contributed by atoms with Crippen molar-refractivity contribution in [1.29, 1.82) is 0 Å². The van der Waals surface area contributed by atoms with Crippen LogP contribution in [0.25, 0.3) is 0 Å². The van der Waals surface area contributed by atoms with Crippen LogP contribution in [0.2, 0.25) is 0 Å². The van der Waals surface area contributed by atoms with Crippen molar-refractivity contribution < 1.29 is 14.3 Å². The Morgan fingerprint density at radius 2 is 1.55 bits per heavy atom. The minimum atomic E-state index is -2.32. The molecule has 0 fully saturated rings. The van der Waals surface area contributed by atoms with E-state index in [-0.39, 0.29) is 29.6 Å². The van der Waals surface area contributed by atoms with Crippen LogP contribution < -0.4 is 4.52 Å². The molecule has 2 N–H and O–H groups in total. The first-order valence-electron chi connectivity index (χ1n) is 7.17. The third-order valence-corrected chi connectivity index (χ3v) is 3.56. The van der Waals surface area contributed by atoms with Crippen LogP contribution in [0.4, 0.5) is 0 Å². The molecule has 0 aliphatic carbocycles. The number of rotatable bonds is 10. The summed E-state index contributed by atoms with van der Waals surface area (Å²) in [4.78, 5) is 17.8. The van der Waals surface area contributed by atoms with Gasteiger partial charge in [0, 0.05) is 0 Å². The zero-order chi connectivity index (χ0) is 13.9. The van der Waals surface area contributed by atoms with Gasteiger partial charge in [0.25, 0.3) is 0 Å². The maximum absolute atomic E-state index is 8.92. The summed E-state index contributed by atoms with van der Waals surface area (Å²) in [5, 5.41) is 0. The monoisotopic (exact) mass is 308 g/mol. The summed E-state index contributed by atoms with van der Waals surface area (Å²) in [6.45, 7) is 2.23. The fourth-order valence-electron chi connectivity index (χ4n) is 2.16. The Kier molecular flexibility index (Phi) is 13.3. The molecule has 20 heavy (non-hydrogen) atoms. The van der Waals surface area contributed by atoms with Gasteiger partial charge in [-0.2, -0.15) is 0 Å². The van der Waals surface area contributed by atoms with Crippen LogP contribution in [0.3, 0.4) is 0 Å². The molecule has 1 aromatic carbocycles. The number of hydrogen-bond donors (Lipinski definition) is 2. The first kappa shape index (κ1) is 20.4. The average Bonchev–Trinajstić information content (AvgIpc) is 2.39. The summed E-state index contributed by atoms with van der Waals surface area (Å²) in [5.74, 6) is 0.601. The van der Waals surface area contributed by atoms with Gasteiger partial charge in [0.05, 0.1) is 0 Å². The van der Waals surface area contributed by atoms with E-state index >= 15 is 0 Å². The van der Waals surface area contributed by atoms with E-state index in [1.165, 1.54) is 38.5 Å². The molecule has 1 aromatic rings. The zero-order valence-electron chi connectivity index (χ0n) is 11.7. The van der Waals surface area contributed by atoms with Crippen molar-refractivity contribution in [3.63, 3.8) is 0 Å². The van der Waals surface area contributed by atoms with E-state index in [2.05, 4.69) is 6.92 Å². The molecule has 0 saturated heterocycles. The van der Waals surface area contributed by atoms with Crippen LogP contribution in [-0.4, -0.2) is 39.3 Å². The van der Waals surface area contributed by atoms with Gasteiger partial charge in [-0.3, -0.25) is 0 Å². The van der Waals surface area contributed by atoms with Crippen molar-refractivity contribution >= 4 is 38.2 Å². The maximum atomic E-state index is 8.92. The van der Waals surface area contributed by atoms with Gasteiger partial charge >= 0.3 is 38.2 Å². The van der Waals surface area contributed by atoms with Gasteiger partial charge in [-0.05, 0) is 24.5 Å². The molecular formula is C15H26NaO3P. The third-order valence-electron chi connectivity index (χ3n) is 3.20. The van der Waals surface area contributed by atoms with Crippen molar-refractivity contribution in [1.82, 2.24) is 0 Å². The van der Waals surface area contributed by atoms with Crippen molar-refractivity contribution in [2.75, 3.05) is 0 Å². The van der Waals surface area contributed by atoms with E-state index in [1.807, 2.05) is 18.2 Å². The van der Waals surface area contributed by atoms with E-state index in [1.54, 1.807) is 6.07 Å². The Bertz CT molecular complexity index is 348. The van der Waals surface area contributed by atoms with Crippen LogP contribution >= 0.6 is 8.60 Å². The van der Waals surface area contributed by atoms with Gasteiger partial charge in [0.1, 0.15) is 5.75 Å². The van der Waals surface area contributed by atoms with Crippen LogP contribution in [0.1, 0.15) is 57.4 Å². The second kappa shape index (κ2) is 13.1. The minimum absolute atomic E-state index is 0. The number of hydrogen-bond acceptors (Lipinski definition) is 3. The molecule has 0 amide bonds. The van der Waals surface area contributed by atoms with Gasteiger partial charge < -0.3 is 14.3 Å². The van der Waals surface area contributed by atoms with Crippen LogP contribution in [-0.2, 0) is 6.42 Å². The molecule has 0 spiro atoms. The number of para-hydroxylation sites is 1. The first-order chi connectivity index (χ1) is 9.24. The van der Waals surface area contributed by atoms with Gasteiger partial charge in [0.2, 0.25) is 0 Å². The standard InChI is InChI=1S/C15H25O3P.Na.H/c1-2-3-4-5-6-7-8-11-14-12-9-10-13-15(14)18-19(16)17;;/h9-10,12-13,16-17H,2-8,11H2,1H3;;. The Hall–Kier alpha value is 0.370. The summed E-state index contributed by atoms with van der Waals surface area (Å²) in [5.41, 5.74) is 1.06. The first-order valence-corrected chi connectivity index (χ1v) is 8.34. The van der Waals surface area contributed by atoms with Crippen LogP contribution in [0, 0.1) is 0 Å². The van der Waals surface area contributed by atoms with Gasteiger partial charge in [-0.15, -0.1) is 0 Å². The molecule has 0 saturated carbocycles. The van der Waals surface area contributed by atoms with Gasteiger partial charge in [-0.25, -0.2) is 0 Å². The SMILES string of the molecule is CCCCCCCCCc1ccccc1OP(O)O.[NaH]. The van der Waals surface area contributed by atoms with E-state index in [0.717, 1.165) is 18.4 Å². The van der Waals surface area contributed by atoms with Crippen molar-refractivity contribution in [2.24, 2.45) is 0 Å². The third kappa shape index (κ3) is 9.33. The molecular weight excluding hydrogens is 282 g/mol. The molecule has 110 valence electrons. The Balaban J connectivity index is 0.00000361. The second-order valence-corrected chi connectivity index (χ2v) is 5.51. The van der Waals surface area contributed by atoms with Crippen molar-refractivity contribution in [3.8, 4) is 5.75 Å². The average molecular weight is 308 g/mol. The summed E-state index contributed by atoms with van der Waals surface area (Å²) >= 11 is 0. The number of aryl methyl sites for hydroxylation is 1. The van der Waals surface area contributed by atoms with E-state index in [0.29, 0.717) is 5.75 Å². The molecule has 0 unspecified atom stereocenters. The zero-order valence-corrected chi connectivity index (χ0v) is 12.6. The Morgan fingerprint density at radius 1 is 0.950 bits per heavy atom. The Morgan fingerprint density at radius 3 is 2.20 bits per heavy atom. The molecule has 0 heterocycles. The Labute approximate surface area is 146 Å². The van der Waals surface area contributed by atoms with Gasteiger partial charge in [-0.1, -0.05) is 63.6 Å². The van der Waals surface area contributed by atoms with Crippen molar-refractivity contribution in [3.05, 3.63) is 29.8 Å². The predicted octanol–water partition coefficient (Wildman–Crippen LogP) is 3.92. The molecule has 0 aliphatic rings. The summed E-state index contributed by atoms with van der Waals surface area (Å²) in [7, 11) is -2.32. The fraction of sp³-hybridized carbons (Fsp3) is 0.600. The van der Waals surface area contributed by atoms with E-state index in [4.69, 9.17) is 14.3 Å². The summed E-state index contributed by atoms with van der Waals surface area (Å²) in [6.07, 6.45) is 9.87. The second-order valence-electron chi connectivity index (χ2n) is 4.82. The normalized spacial score (nSPS) is 10.4. The molecule has 0 aliphatic heterocycles. The quantitative estimate of drug-likeness (QED) is 0.391.